The van der Waals surface area contributed by atoms with E-state index in [0.717, 1.165) is 12.8 Å². The molecule has 0 aromatic carbocycles. The van der Waals surface area contributed by atoms with E-state index in [1.165, 1.54) is 4.31 Å². The van der Waals surface area contributed by atoms with Crippen molar-refractivity contribution < 1.29 is 8.42 Å². The van der Waals surface area contributed by atoms with Gasteiger partial charge in [0.2, 0.25) is 10.0 Å². The molecular formula is C13H20N4O3S. The minimum atomic E-state index is -3.07. The fraction of sp³-hybridized carbons (Fsp3) is 0.692. The number of hydrogen-bond donors (Lipinski definition) is 1. The van der Waals surface area contributed by atoms with Crippen molar-refractivity contribution in [3.05, 3.63) is 22.7 Å². The van der Waals surface area contributed by atoms with Gasteiger partial charge in [-0.15, -0.1) is 0 Å². The molecule has 7 nitrogen and oxygen atoms in total. The highest BCUT2D eigenvalue weighted by molar-refractivity contribution is 7.89. The minimum absolute atomic E-state index is 0.0858. The Balaban J connectivity index is 1.56. The number of hydrogen-bond acceptors (Lipinski definition) is 5. The van der Waals surface area contributed by atoms with Crippen molar-refractivity contribution in [3.63, 3.8) is 0 Å². The molecule has 1 aromatic heterocycles. The molecule has 1 aromatic rings. The van der Waals surface area contributed by atoms with Crippen molar-refractivity contribution in [1.29, 1.82) is 0 Å². The molecule has 1 saturated heterocycles. The van der Waals surface area contributed by atoms with Gasteiger partial charge in [-0.1, -0.05) is 0 Å². The number of aromatic nitrogens is 2. The highest BCUT2D eigenvalue weighted by atomic mass is 32.2. The third kappa shape index (κ3) is 2.96. The summed E-state index contributed by atoms with van der Waals surface area (Å²) in [5.41, 5.74) is -0.0858. The maximum absolute atomic E-state index is 12.2. The Bertz CT molecular complexity index is 675. The third-order valence-electron chi connectivity index (χ3n) is 4.05. The number of nitrogens with one attached hydrogen (secondary N) is 1. The molecule has 116 valence electrons. The second-order valence-corrected chi connectivity index (χ2v) is 7.94. The van der Waals surface area contributed by atoms with Crippen LogP contribution in [0.2, 0.25) is 0 Å². The van der Waals surface area contributed by atoms with E-state index < -0.39 is 10.0 Å². The highest BCUT2D eigenvalue weighted by Crippen LogP contribution is 2.33. The average Bonchev–Trinajstić information content (AvgIpc) is 3.23. The molecule has 2 aliphatic rings. The van der Waals surface area contributed by atoms with Crippen LogP contribution in [0.25, 0.3) is 0 Å². The van der Waals surface area contributed by atoms with Crippen LogP contribution in [0.3, 0.4) is 0 Å². The zero-order valence-corrected chi connectivity index (χ0v) is 12.8. The molecule has 8 heteroatoms. The van der Waals surface area contributed by atoms with Gasteiger partial charge < -0.3 is 9.88 Å². The Labute approximate surface area is 124 Å². The highest BCUT2D eigenvalue weighted by Gasteiger charge is 2.34. The molecule has 0 spiro atoms. The van der Waals surface area contributed by atoms with Crippen molar-refractivity contribution in [2.75, 3.05) is 30.7 Å². The van der Waals surface area contributed by atoms with E-state index in [1.54, 1.807) is 23.9 Å². The Morgan fingerprint density at radius 2 is 2.10 bits per heavy atom. The number of sulfonamides is 1. The Kier molecular flexibility index (Phi) is 3.75. The fourth-order valence-corrected chi connectivity index (χ4v) is 3.73. The smallest absolute Gasteiger partial charge is 0.293 e. The quantitative estimate of drug-likeness (QED) is 0.815. The predicted molar refractivity (Wildman–Crippen MR) is 79.8 cm³/mol. The fourth-order valence-electron chi connectivity index (χ4n) is 2.49. The lowest BCUT2D eigenvalue weighted by Crippen LogP contribution is -2.52. The van der Waals surface area contributed by atoms with Crippen LogP contribution >= 0.6 is 0 Å². The summed E-state index contributed by atoms with van der Waals surface area (Å²) in [5, 5.41) is 3.06. The zero-order chi connectivity index (χ0) is 15.0. The van der Waals surface area contributed by atoms with E-state index in [-0.39, 0.29) is 17.2 Å². The Morgan fingerprint density at radius 3 is 2.71 bits per heavy atom. The van der Waals surface area contributed by atoms with Crippen molar-refractivity contribution in [2.45, 2.75) is 25.8 Å². The van der Waals surface area contributed by atoms with Crippen LogP contribution in [0.5, 0.6) is 0 Å². The van der Waals surface area contributed by atoms with Crippen LogP contribution in [-0.2, 0) is 10.0 Å². The van der Waals surface area contributed by atoms with Gasteiger partial charge in [0, 0.05) is 44.0 Å². The summed E-state index contributed by atoms with van der Waals surface area (Å²) >= 11 is 0. The van der Waals surface area contributed by atoms with Crippen LogP contribution in [0, 0.1) is 5.92 Å². The van der Waals surface area contributed by atoms with Crippen molar-refractivity contribution in [3.8, 4) is 0 Å². The maximum Gasteiger partial charge on any atom is 0.293 e. The van der Waals surface area contributed by atoms with E-state index in [0.29, 0.717) is 31.5 Å². The summed E-state index contributed by atoms with van der Waals surface area (Å²) in [7, 11) is -3.07. The summed E-state index contributed by atoms with van der Waals surface area (Å²) < 4.78 is 26.5. The zero-order valence-electron chi connectivity index (χ0n) is 12.0. The minimum Gasteiger partial charge on any atom is -0.365 e. The van der Waals surface area contributed by atoms with Gasteiger partial charge in [-0.25, -0.2) is 17.7 Å². The molecule has 0 amide bonds. The molecule has 0 unspecified atom stereocenters. The van der Waals surface area contributed by atoms with Gasteiger partial charge in [0.1, 0.15) is 0 Å². The summed E-state index contributed by atoms with van der Waals surface area (Å²) in [5.74, 6) is 0.739. The van der Waals surface area contributed by atoms with Gasteiger partial charge in [0.15, 0.2) is 5.82 Å². The normalized spacial score (nSPS) is 20.2. The van der Waals surface area contributed by atoms with Crippen molar-refractivity contribution in [2.24, 2.45) is 5.92 Å². The molecule has 0 radical (unpaired) electrons. The van der Waals surface area contributed by atoms with Crippen LogP contribution in [-0.4, -0.2) is 47.7 Å². The van der Waals surface area contributed by atoms with Crippen molar-refractivity contribution in [1.82, 2.24) is 13.9 Å². The van der Waals surface area contributed by atoms with Gasteiger partial charge in [-0.2, -0.15) is 0 Å². The molecule has 21 heavy (non-hydrogen) atoms. The van der Waals surface area contributed by atoms with E-state index >= 15 is 0 Å². The lowest BCUT2D eigenvalue weighted by Gasteiger charge is -2.37. The molecule has 1 aliphatic heterocycles. The van der Waals surface area contributed by atoms with Crippen LogP contribution < -0.4 is 10.9 Å². The second kappa shape index (κ2) is 5.42. The standard InChI is InChI=1S/C13H20N4O3S/c1-2-21(19,20)16-8-10(9-16)7-15-12-13(18)17(6-5-14-12)11-3-4-11/h5-6,10-11H,2-4,7-9H2,1H3,(H,14,15). The molecule has 1 saturated carbocycles. The van der Waals surface area contributed by atoms with Gasteiger partial charge in [0.25, 0.3) is 5.56 Å². The molecule has 1 N–H and O–H groups in total. The SMILES string of the molecule is CCS(=O)(=O)N1CC(CNc2nccn(C3CC3)c2=O)C1. The summed E-state index contributed by atoms with van der Waals surface area (Å²) in [4.78, 5) is 16.3. The molecule has 2 heterocycles. The predicted octanol–water partition coefficient (Wildman–Crippen LogP) is 0.272. The maximum atomic E-state index is 12.2. The van der Waals surface area contributed by atoms with Crippen LogP contribution in [0.1, 0.15) is 25.8 Å². The lowest BCUT2D eigenvalue weighted by atomic mass is 10.0. The summed E-state index contributed by atoms with van der Waals surface area (Å²) in [6, 6.07) is 0.329. The number of rotatable bonds is 6. The second-order valence-electron chi connectivity index (χ2n) is 5.68. The molecule has 1 aliphatic carbocycles. The number of anilines is 1. The monoisotopic (exact) mass is 312 g/mol. The van der Waals surface area contributed by atoms with E-state index in [2.05, 4.69) is 10.3 Å². The van der Waals surface area contributed by atoms with E-state index in [1.807, 2.05) is 0 Å². The van der Waals surface area contributed by atoms with Crippen molar-refractivity contribution >= 4 is 15.8 Å². The third-order valence-corrected chi connectivity index (χ3v) is 5.86. The number of nitrogens with zero attached hydrogens (tertiary/aromatic N) is 3. The lowest BCUT2D eigenvalue weighted by molar-refractivity contribution is 0.212. The first-order valence-electron chi connectivity index (χ1n) is 7.30. The first-order chi connectivity index (χ1) is 10.0. The topological polar surface area (TPSA) is 84.3 Å². The Hall–Kier alpha value is -1.41. The first kappa shape index (κ1) is 14.5. The summed E-state index contributed by atoms with van der Waals surface area (Å²) in [6.07, 6.45) is 5.46. The molecule has 3 rings (SSSR count). The van der Waals surface area contributed by atoms with Gasteiger partial charge >= 0.3 is 0 Å². The van der Waals surface area contributed by atoms with Gasteiger partial charge in [-0.05, 0) is 19.8 Å². The van der Waals surface area contributed by atoms with Gasteiger partial charge in [-0.3, -0.25) is 4.79 Å². The molecule has 0 bridgehead atoms. The van der Waals surface area contributed by atoms with Gasteiger partial charge in [0.05, 0.1) is 5.75 Å². The summed E-state index contributed by atoms with van der Waals surface area (Å²) in [6.45, 7) is 3.27. The van der Waals surface area contributed by atoms with E-state index in [4.69, 9.17) is 0 Å². The first-order valence-corrected chi connectivity index (χ1v) is 8.91. The molecule has 2 fully saturated rings. The van der Waals surface area contributed by atoms with E-state index in [9.17, 15) is 13.2 Å². The largest absolute Gasteiger partial charge is 0.365 e. The molecular weight excluding hydrogens is 292 g/mol. The van der Waals surface area contributed by atoms with Crippen LogP contribution in [0.15, 0.2) is 17.2 Å². The van der Waals surface area contributed by atoms with Crippen LogP contribution in [0.4, 0.5) is 5.82 Å². The Morgan fingerprint density at radius 1 is 1.38 bits per heavy atom. The average molecular weight is 312 g/mol. The molecule has 0 atom stereocenters.